The molecule has 0 amide bonds. The summed E-state index contributed by atoms with van der Waals surface area (Å²) in [5.41, 5.74) is -0.336. The second kappa shape index (κ2) is 4.50. The lowest BCUT2D eigenvalue weighted by Gasteiger charge is -2.08. The molecule has 6 heteroatoms. The number of halogens is 3. The van der Waals surface area contributed by atoms with Crippen molar-refractivity contribution in [3.63, 3.8) is 0 Å². The van der Waals surface area contributed by atoms with Crippen LogP contribution in [0, 0.1) is 14.9 Å². The largest absolute Gasteiger partial charge is 0.505 e. The SMILES string of the molecule is N#CCc1ncc(O)c(I)c1C(F)F. The van der Waals surface area contributed by atoms with Gasteiger partial charge in [-0.1, -0.05) is 0 Å². The van der Waals surface area contributed by atoms with E-state index in [0.717, 1.165) is 6.20 Å². The first-order valence-corrected chi connectivity index (χ1v) is 4.67. The molecule has 14 heavy (non-hydrogen) atoms. The van der Waals surface area contributed by atoms with Crippen molar-refractivity contribution < 1.29 is 13.9 Å². The number of alkyl halides is 2. The molecule has 1 heterocycles. The quantitative estimate of drug-likeness (QED) is 0.853. The lowest BCUT2D eigenvalue weighted by molar-refractivity contribution is 0.148. The van der Waals surface area contributed by atoms with Crippen molar-refractivity contribution in [1.29, 1.82) is 5.26 Å². The Balaban J connectivity index is 3.31. The minimum Gasteiger partial charge on any atom is -0.505 e. The molecule has 0 saturated carbocycles. The normalized spacial score (nSPS) is 10.2. The molecule has 0 atom stereocenters. The highest BCUT2D eigenvalue weighted by atomic mass is 127. The van der Waals surface area contributed by atoms with Crippen molar-refractivity contribution in [2.45, 2.75) is 12.8 Å². The Morgan fingerprint density at radius 3 is 2.79 bits per heavy atom. The Labute approximate surface area is 92.5 Å². The summed E-state index contributed by atoms with van der Waals surface area (Å²) in [6.45, 7) is 0. The zero-order valence-corrected chi connectivity index (χ0v) is 8.99. The molecule has 0 fully saturated rings. The molecule has 0 unspecified atom stereocenters. The van der Waals surface area contributed by atoms with Gasteiger partial charge in [-0.25, -0.2) is 8.78 Å². The van der Waals surface area contributed by atoms with E-state index in [4.69, 9.17) is 10.4 Å². The summed E-state index contributed by atoms with van der Waals surface area (Å²) in [6.07, 6.45) is -1.85. The van der Waals surface area contributed by atoms with Crippen molar-refractivity contribution in [2.75, 3.05) is 0 Å². The number of aromatic nitrogens is 1. The van der Waals surface area contributed by atoms with Crippen LogP contribution in [0.25, 0.3) is 0 Å². The van der Waals surface area contributed by atoms with Gasteiger partial charge in [-0.05, 0) is 22.6 Å². The molecule has 0 saturated heterocycles. The summed E-state index contributed by atoms with van der Waals surface area (Å²) in [4.78, 5) is 3.59. The maximum absolute atomic E-state index is 12.5. The molecule has 74 valence electrons. The van der Waals surface area contributed by atoms with Gasteiger partial charge in [0, 0.05) is 0 Å². The summed E-state index contributed by atoms with van der Waals surface area (Å²) in [5, 5.41) is 17.5. The van der Waals surface area contributed by atoms with Gasteiger partial charge in [-0.15, -0.1) is 0 Å². The summed E-state index contributed by atoms with van der Waals surface area (Å²) >= 11 is 1.61. The van der Waals surface area contributed by atoms with E-state index in [1.165, 1.54) is 0 Å². The fourth-order valence-corrected chi connectivity index (χ4v) is 1.65. The first-order chi connectivity index (χ1) is 6.57. The Hall–Kier alpha value is -0.970. The molecule has 1 N–H and O–H groups in total. The van der Waals surface area contributed by atoms with E-state index in [9.17, 15) is 8.78 Å². The molecule has 0 aliphatic rings. The molecule has 3 nitrogen and oxygen atoms in total. The third-order valence-electron chi connectivity index (χ3n) is 1.58. The highest BCUT2D eigenvalue weighted by Gasteiger charge is 2.20. The van der Waals surface area contributed by atoms with Crippen LogP contribution >= 0.6 is 22.6 Å². The Kier molecular flexibility index (Phi) is 3.57. The number of aromatic hydroxyl groups is 1. The fourth-order valence-electron chi connectivity index (χ4n) is 0.967. The van der Waals surface area contributed by atoms with E-state index in [-0.39, 0.29) is 27.0 Å². The maximum Gasteiger partial charge on any atom is 0.266 e. The molecule has 1 aromatic heterocycles. The highest BCUT2D eigenvalue weighted by molar-refractivity contribution is 14.1. The molecule has 0 aromatic carbocycles. The van der Waals surface area contributed by atoms with E-state index >= 15 is 0 Å². The van der Waals surface area contributed by atoms with Crippen molar-refractivity contribution >= 4 is 22.6 Å². The number of hydrogen-bond donors (Lipinski definition) is 1. The van der Waals surface area contributed by atoms with Crippen molar-refractivity contribution in [2.24, 2.45) is 0 Å². The van der Waals surface area contributed by atoms with Crippen molar-refractivity contribution in [3.05, 3.63) is 21.0 Å². The van der Waals surface area contributed by atoms with Crippen LogP contribution in [0.3, 0.4) is 0 Å². The van der Waals surface area contributed by atoms with Gasteiger partial charge in [0.1, 0.15) is 5.75 Å². The molecule has 0 aliphatic carbocycles. The summed E-state index contributed by atoms with van der Waals surface area (Å²) in [5.74, 6) is -0.289. The predicted octanol–water partition coefficient (Wildman–Crippen LogP) is 2.40. The molecule has 0 bridgehead atoms. The van der Waals surface area contributed by atoms with Gasteiger partial charge in [-0.3, -0.25) is 4.98 Å². The van der Waals surface area contributed by atoms with E-state index in [1.54, 1.807) is 28.7 Å². The van der Waals surface area contributed by atoms with Gasteiger partial charge in [0.05, 0.1) is 33.5 Å². The predicted molar refractivity (Wildman–Crippen MR) is 52.9 cm³/mol. The summed E-state index contributed by atoms with van der Waals surface area (Å²) in [7, 11) is 0. The van der Waals surface area contributed by atoms with E-state index in [0.29, 0.717) is 0 Å². The third-order valence-corrected chi connectivity index (χ3v) is 2.71. The van der Waals surface area contributed by atoms with Gasteiger partial charge in [-0.2, -0.15) is 5.26 Å². The third kappa shape index (κ3) is 2.09. The van der Waals surface area contributed by atoms with Gasteiger partial charge in [0.15, 0.2) is 0 Å². The monoisotopic (exact) mass is 310 g/mol. The average Bonchev–Trinajstić information content (AvgIpc) is 2.11. The minimum atomic E-state index is -2.73. The standard InChI is InChI=1S/C8H5F2IN2O/c9-8(10)6-4(1-2-12)13-3-5(14)7(6)11/h3,8,14H,1H2. The topological polar surface area (TPSA) is 56.9 Å². The lowest BCUT2D eigenvalue weighted by Crippen LogP contribution is -2.01. The molecular formula is C8H5F2IN2O. The number of pyridine rings is 1. The molecule has 0 radical (unpaired) electrons. The number of hydrogen-bond acceptors (Lipinski definition) is 3. The van der Waals surface area contributed by atoms with Gasteiger partial charge < -0.3 is 5.11 Å². The first kappa shape index (κ1) is 11.1. The van der Waals surface area contributed by atoms with E-state index < -0.39 is 6.43 Å². The Morgan fingerprint density at radius 2 is 2.29 bits per heavy atom. The zero-order valence-electron chi connectivity index (χ0n) is 6.84. The van der Waals surface area contributed by atoms with Gasteiger partial charge >= 0.3 is 0 Å². The molecule has 1 aromatic rings. The van der Waals surface area contributed by atoms with Crippen LogP contribution in [-0.4, -0.2) is 10.1 Å². The second-order valence-electron chi connectivity index (χ2n) is 2.45. The zero-order chi connectivity index (χ0) is 10.7. The average molecular weight is 310 g/mol. The van der Waals surface area contributed by atoms with Crippen LogP contribution < -0.4 is 0 Å². The lowest BCUT2D eigenvalue weighted by atomic mass is 10.1. The van der Waals surface area contributed by atoms with Gasteiger partial charge in [0.25, 0.3) is 6.43 Å². The van der Waals surface area contributed by atoms with Crippen molar-refractivity contribution in [1.82, 2.24) is 4.98 Å². The summed E-state index contributed by atoms with van der Waals surface area (Å²) < 4.78 is 25.1. The van der Waals surface area contributed by atoms with E-state index in [1.807, 2.05) is 0 Å². The smallest absolute Gasteiger partial charge is 0.266 e. The fraction of sp³-hybridized carbons (Fsp3) is 0.250. The second-order valence-corrected chi connectivity index (χ2v) is 3.53. The van der Waals surface area contributed by atoms with Crippen LogP contribution in [0.1, 0.15) is 17.7 Å². The molecule has 1 rings (SSSR count). The van der Waals surface area contributed by atoms with Gasteiger partial charge in [0.2, 0.25) is 0 Å². The Bertz CT molecular complexity index is 390. The van der Waals surface area contributed by atoms with Crippen LogP contribution in [0.2, 0.25) is 0 Å². The van der Waals surface area contributed by atoms with E-state index in [2.05, 4.69) is 4.98 Å². The number of rotatable bonds is 2. The van der Waals surface area contributed by atoms with Crippen LogP contribution in [0.4, 0.5) is 8.78 Å². The van der Waals surface area contributed by atoms with Crippen LogP contribution in [-0.2, 0) is 6.42 Å². The highest BCUT2D eigenvalue weighted by Crippen LogP contribution is 2.32. The molecule has 0 aliphatic heterocycles. The molecule has 0 spiro atoms. The van der Waals surface area contributed by atoms with Crippen LogP contribution in [0.5, 0.6) is 5.75 Å². The first-order valence-electron chi connectivity index (χ1n) is 3.59. The Morgan fingerprint density at radius 1 is 1.64 bits per heavy atom. The number of nitrogens with zero attached hydrogens (tertiary/aromatic N) is 2. The van der Waals surface area contributed by atoms with Crippen molar-refractivity contribution in [3.8, 4) is 11.8 Å². The van der Waals surface area contributed by atoms with Crippen LogP contribution in [0.15, 0.2) is 6.20 Å². The molecular weight excluding hydrogens is 305 g/mol. The maximum atomic E-state index is 12.5. The minimum absolute atomic E-state index is 0.0182. The summed E-state index contributed by atoms with van der Waals surface area (Å²) in [6, 6.07) is 1.75. The number of nitriles is 1.